The minimum atomic E-state index is -0.0521. The molecule has 28 heavy (non-hydrogen) atoms. The van der Waals surface area contributed by atoms with Crippen LogP contribution >= 0.6 is 11.3 Å². The van der Waals surface area contributed by atoms with Gasteiger partial charge in [0.25, 0.3) is 0 Å². The van der Waals surface area contributed by atoms with Crippen LogP contribution in [0.5, 0.6) is 0 Å². The summed E-state index contributed by atoms with van der Waals surface area (Å²) in [4.78, 5) is 17.7. The van der Waals surface area contributed by atoms with Gasteiger partial charge in [-0.25, -0.2) is 4.79 Å². The highest BCUT2D eigenvalue weighted by Gasteiger charge is 2.22. The van der Waals surface area contributed by atoms with Gasteiger partial charge in [-0.3, -0.25) is 0 Å². The fraction of sp³-hybridized carbons (Fsp3) is 0.286. The van der Waals surface area contributed by atoms with Crippen LogP contribution < -0.4 is 10.2 Å². The second kappa shape index (κ2) is 7.98. The third-order valence-corrected chi connectivity index (χ3v) is 5.68. The number of urea groups is 1. The average molecular weight is 394 g/mol. The molecule has 2 amide bonds. The predicted molar refractivity (Wildman–Crippen MR) is 114 cm³/mol. The zero-order chi connectivity index (χ0) is 19.5. The molecule has 0 saturated carbocycles. The molecule has 1 saturated heterocycles. The summed E-state index contributed by atoms with van der Waals surface area (Å²) in [6.45, 7) is 6.87. The predicted octanol–water partition coefficient (Wildman–Crippen LogP) is 4.18. The molecule has 2 aromatic heterocycles. The van der Waals surface area contributed by atoms with Crippen molar-refractivity contribution in [2.24, 2.45) is 0 Å². The van der Waals surface area contributed by atoms with E-state index in [1.807, 2.05) is 60.5 Å². The number of carbonyl (C=O) groups excluding carboxylic acids is 1. The van der Waals surface area contributed by atoms with Crippen molar-refractivity contribution in [2.75, 3.05) is 36.4 Å². The minimum Gasteiger partial charge on any atom is -0.352 e. The first-order chi connectivity index (χ1) is 13.6. The van der Waals surface area contributed by atoms with Crippen LogP contribution in [0, 0.1) is 13.8 Å². The molecule has 1 aliphatic heterocycles. The summed E-state index contributed by atoms with van der Waals surface area (Å²) in [6.07, 6.45) is 0. The lowest BCUT2D eigenvalue weighted by molar-refractivity contribution is 0.208. The van der Waals surface area contributed by atoms with Gasteiger partial charge in [0.05, 0.1) is 4.88 Å². The van der Waals surface area contributed by atoms with Crippen molar-refractivity contribution in [3.63, 3.8) is 0 Å². The number of aromatic nitrogens is 2. The molecule has 0 radical (unpaired) electrons. The fourth-order valence-electron chi connectivity index (χ4n) is 3.44. The van der Waals surface area contributed by atoms with Crippen LogP contribution in [0.15, 0.2) is 47.8 Å². The Morgan fingerprint density at radius 1 is 1.00 bits per heavy atom. The molecule has 4 rings (SSSR count). The normalized spacial score (nSPS) is 14.2. The molecule has 3 heterocycles. The number of thiophene rings is 1. The Balaban J connectivity index is 1.34. The molecule has 1 fully saturated rings. The summed E-state index contributed by atoms with van der Waals surface area (Å²) in [6, 6.07) is 14.1. The first kappa shape index (κ1) is 18.4. The Morgan fingerprint density at radius 3 is 2.36 bits per heavy atom. The number of nitrogens with one attached hydrogen (secondary N) is 1. The number of hydrogen-bond acceptors (Lipinski definition) is 5. The van der Waals surface area contributed by atoms with E-state index >= 15 is 0 Å². The first-order valence-corrected chi connectivity index (χ1v) is 10.2. The highest BCUT2D eigenvalue weighted by atomic mass is 32.1. The van der Waals surface area contributed by atoms with Gasteiger partial charge in [0.1, 0.15) is 5.69 Å². The van der Waals surface area contributed by atoms with E-state index in [0.29, 0.717) is 13.1 Å². The smallest absolute Gasteiger partial charge is 0.321 e. The van der Waals surface area contributed by atoms with Gasteiger partial charge in [-0.15, -0.1) is 21.5 Å². The Labute approximate surface area is 168 Å². The number of nitrogens with zero attached hydrogens (tertiary/aromatic N) is 4. The van der Waals surface area contributed by atoms with Gasteiger partial charge in [0, 0.05) is 31.9 Å². The summed E-state index contributed by atoms with van der Waals surface area (Å²) in [5, 5.41) is 13.8. The van der Waals surface area contributed by atoms with Gasteiger partial charge in [0.15, 0.2) is 5.82 Å². The molecule has 0 unspecified atom stereocenters. The highest BCUT2D eigenvalue weighted by molar-refractivity contribution is 7.13. The number of carbonyl (C=O) groups is 1. The molecule has 1 aromatic carbocycles. The number of anilines is 2. The van der Waals surface area contributed by atoms with Gasteiger partial charge in [0.2, 0.25) is 0 Å². The second-order valence-electron chi connectivity index (χ2n) is 7.03. The quantitative estimate of drug-likeness (QED) is 0.725. The standard InChI is InChI=1S/C21H23N5OS/c1-15-12-16(2)14-17(13-15)22-21(27)26-9-7-25(8-10-26)20-6-5-18(23-24-20)19-4-3-11-28-19/h3-6,11-14H,7-10H2,1-2H3,(H,22,27). The van der Waals surface area contributed by atoms with Crippen molar-refractivity contribution in [1.29, 1.82) is 0 Å². The van der Waals surface area contributed by atoms with Crippen molar-refractivity contribution in [3.05, 3.63) is 59.0 Å². The monoisotopic (exact) mass is 393 g/mol. The lowest BCUT2D eigenvalue weighted by Crippen LogP contribution is -2.50. The molecular formula is C21H23N5OS. The third kappa shape index (κ3) is 4.14. The lowest BCUT2D eigenvalue weighted by Gasteiger charge is -2.35. The average Bonchev–Trinajstić information content (AvgIpc) is 3.22. The van der Waals surface area contributed by atoms with E-state index in [1.54, 1.807) is 11.3 Å². The van der Waals surface area contributed by atoms with Crippen LogP contribution in [0.4, 0.5) is 16.3 Å². The van der Waals surface area contributed by atoms with Gasteiger partial charge in [-0.05, 0) is 60.7 Å². The zero-order valence-corrected chi connectivity index (χ0v) is 16.9. The molecule has 0 spiro atoms. The molecule has 7 heteroatoms. The van der Waals surface area contributed by atoms with Crippen molar-refractivity contribution in [3.8, 4) is 10.6 Å². The maximum Gasteiger partial charge on any atom is 0.321 e. The Hall–Kier alpha value is -2.93. The summed E-state index contributed by atoms with van der Waals surface area (Å²) in [5.74, 6) is 0.856. The molecule has 3 aromatic rings. The maximum atomic E-state index is 12.6. The number of aryl methyl sites for hydroxylation is 2. The number of piperazine rings is 1. The largest absolute Gasteiger partial charge is 0.352 e. The minimum absolute atomic E-state index is 0.0521. The molecule has 0 atom stereocenters. The van der Waals surface area contributed by atoms with Gasteiger partial charge < -0.3 is 15.1 Å². The van der Waals surface area contributed by atoms with Crippen LogP contribution in [0.3, 0.4) is 0 Å². The van der Waals surface area contributed by atoms with Crippen LogP contribution in [0.25, 0.3) is 10.6 Å². The summed E-state index contributed by atoms with van der Waals surface area (Å²) < 4.78 is 0. The third-order valence-electron chi connectivity index (χ3n) is 4.79. The van der Waals surface area contributed by atoms with Crippen LogP contribution in [-0.4, -0.2) is 47.3 Å². The number of benzene rings is 1. The molecule has 1 N–H and O–H groups in total. The van der Waals surface area contributed by atoms with Crippen molar-refractivity contribution < 1.29 is 4.79 Å². The number of hydrogen-bond donors (Lipinski definition) is 1. The fourth-order valence-corrected chi connectivity index (χ4v) is 4.13. The summed E-state index contributed by atoms with van der Waals surface area (Å²) in [5.41, 5.74) is 4.03. The Bertz CT molecular complexity index is 927. The molecular weight excluding hydrogens is 370 g/mol. The molecule has 0 bridgehead atoms. The van der Waals surface area contributed by atoms with Crippen molar-refractivity contribution in [1.82, 2.24) is 15.1 Å². The number of amides is 2. The zero-order valence-electron chi connectivity index (χ0n) is 16.1. The van der Waals surface area contributed by atoms with E-state index in [-0.39, 0.29) is 6.03 Å². The molecule has 144 valence electrons. The van der Waals surface area contributed by atoms with E-state index in [1.165, 1.54) is 0 Å². The van der Waals surface area contributed by atoms with Gasteiger partial charge in [-0.2, -0.15) is 0 Å². The van der Waals surface area contributed by atoms with E-state index in [2.05, 4.69) is 26.5 Å². The van der Waals surface area contributed by atoms with E-state index < -0.39 is 0 Å². The Kier molecular flexibility index (Phi) is 5.25. The SMILES string of the molecule is Cc1cc(C)cc(NC(=O)N2CCN(c3ccc(-c4cccs4)nn3)CC2)c1. The summed E-state index contributed by atoms with van der Waals surface area (Å²) in [7, 11) is 0. The van der Waals surface area contributed by atoms with E-state index in [4.69, 9.17) is 0 Å². The topological polar surface area (TPSA) is 61.4 Å². The maximum absolute atomic E-state index is 12.6. The van der Waals surface area contributed by atoms with Crippen LogP contribution in [0.2, 0.25) is 0 Å². The molecule has 0 aliphatic carbocycles. The van der Waals surface area contributed by atoms with Gasteiger partial charge in [-0.1, -0.05) is 12.1 Å². The molecule has 1 aliphatic rings. The van der Waals surface area contributed by atoms with Crippen molar-refractivity contribution in [2.45, 2.75) is 13.8 Å². The van der Waals surface area contributed by atoms with Crippen molar-refractivity contribution >= 4 is 28.9 Å². The van der Waals surface area contributed by atoms with E-state index in [9.17, 15) is 4.79 Å². The Morgan fingerprint density at radius 2 is 1.75 bits per heavy atom. The summed E-state index contributed by atoms with van der Waals surface area (Å²) >= 11 is 1.66. The second-order valence-corrected chi connectivity index (χ2v) is 7.98. The lowest BCUT2D eigenvalue weighted by atomic mass is 10.1. The highest BCUT2D eigenvalue weighted by Crippen LogP contribution is 2.23. The van der Waals surface area contributed by atoms with E-state index in [0.717, 1.165) is 46.3 Å². The van der Waals surface area contributed by atoms with Crippen LogP contribution in [-0.2, 0) is 0 Å². The van der Waals surface area contributed by atoms with Crippen LogP contribution in [0.1, 0.15) is 11.1 Å². The number of rotatable bonds is 3. The van der Waals surface area contributed by atoms with Gasteiger partial charge >= 0.3 is 6.03 Å². The molecule has 6 nitrogen and oxygen atoms in total. The first-order valence-electron chi connectivity index (χ1n) is 9.35.